The highest BCUT2D eigenvalue weighted by molar-refractivity contribution is 5.94. The van der Waals surface area contributed by atoms with Gasteiger partial charge in [-0.15, -0.1) is 0 Å². The second kappa shape index (κ2) is 13.4. The number of esters is 1. The van der Waals surface area contributed by atoms with E-state index in [0.717, 1.165) is 29.7 Å². The second-order valence-electron chi connectivity index (χ2n) is 9.57. The topological polar surface area (TPSA) is 84.9 Å². The SMILES string of the molecule is COC(=O)[C@H](Cc1ccc(OCc2ccccc2)cc1)NC(=O)CC1CCN(C(=O)c2ccccc2)CC1. The van der Waals surface area contributed by atoms with Gasteiger partial charge in [0.25, 0.3) is 5.91 Å². The summed E-state index contributed by atoms with van der Waals surface area (Å²) >= 11 is 0. The number of amides is 2. The molecule has 38 heavy (non-hydrogen) atoms. The van der Waals surface area contributed by atoms with Crippen LogP contribution < -0.4 is 10.1 Å². The first-order valence-corrected chi connectivity index (χ1v) is 13.0. The van der Waals surface area contributed by atoms with E-state index in [-0.39, 0.29) is 17.7 Å². The summed E-state index contributed by atoms with van der Waals surface area (Å²) in [6, 6.07) is 25.9. The number of nitrogens with one attached hydrogen (secondary N) is 1. The number of methoxy groups -OCH3 is 1. The largest absolute Gasteiger partial charge is 0.489 e. The fraction of sp³-hybridized carbons (Fsp3) is 0.323. The molecule has 1 N–H and O–H groups in total. The highest BCUT2D eigenvalue weighted by Crippen LogP contribution is 2.22. The number of ether oxygens (including phenoxy) is 2. The van der Waals surface area contributed by atoms with E-state index in [1.165, 1.54) is 7.11 Å². The maximum absolute atomic E-state index is 12.8. The first kappa shape index (κ1) is 26.9. The van der Waals surface area contributed by atoms with Crippen molar-refractivity contribution in [2.24, 2.45) is 5.92 Å². The Balaban J connectivity index is 1.25. The van der Waals surface area contributed by atoms with Gasteiger partial charge in [0, 0.05) is 31.5 Å². The lowest BCUT2D eigenvalue weighted by Gasteiger charge is -2.32. The third kappa shape index (κ3) is 7.68. The van der Waals surface area contributed by atoms with E-state index < -0.39 is 12.0 Å². The van der Waals surface area contributed by atoms with Crippen molar-refractivity contribution in [3.05, 3.63) is 102 Å². The zero-order valence-electron chi connectivity index (χ0n) is 21.7. The van der Waals surface area contributed by atoms with Crippen LogP contribution in [0, 0.1) is 5.92 Å². The molecule has 3 aromatic rings. The number of likely N-dealkylation sites (tertiary alicyclic amines) is 1. The Morgan fingerprint density at radius 1 is 0.868 bits per heavy atom. The van der Waals surface area contributed by atoms with Gasteiger partial charge >= 0.3 is 5.97 Å². The van der Waals surface area contributed by atoms with Gasteiger partial charge in [0.1, 0.15) is 18.4 Å². The van der Waals surface area contributed by atoms with Gasteiger partial charge in [0.2, 0.25) is 5.91 Å². The smallest absolute Gasteiger partial charge is 0.328 e. The molecule has 0 aromatic heterocycles. The molecule has 0 spiro atoms. The standard InChI is InChI=1S/C31H34N2O5/c1-37-31(36)28(20-23-12-14-27(15-13-23)38-22-25-8-4-2-5-9-25)32-29(34)21-24-16-18-33(19-17-24)30(35)26-10-6-3-7-11-26/h2-15,24,28H,16-22H2,1H3,(H,32,34)/t28-/m0/s1. The Hall–Kier alpha value is -4.13. The summed E-state index contributed by atoms with van der Waals surface area (Å²) in [6.07, 6.45) is 2.13. The van der Waals surface area contributed by atoms with E-state index in [2.05, 4.69) is 5.32 Å². The minimum Gasteiger partial charge on any atom is -0.489 e. The third-order valence-corrected chi connectivity index (χ3v) is 6.83. The molecule has 0 radical (unpaired) electrons. The molecule has 0 aliphatic carbocycles. The minimum absolute atomic E-state index is 0.0238. The Bertz CT molecular complexity index is 1190. The van der Waals surface area contributed by atoms with Crippen molar-refractivity contribution in [1.29, 1.82) is 0 Å². The summed E-state index contributed by atoms with van der Waals surface area (Å²) in [5.74, 6) is 0.250. The van der Waals surface area contributed by atoms with Gasteiger partial charge in [-0.3, -0.25) is 9.59 Å². The zero-order valence-corrected chi connectivity index (χ0v) is 21.7. The lowest BCUT2D eigenvalue weighted by molar-refractivity contribution is -0.145. The molecule has 198 valence electrons. The van der Waals surface area contributed by atoms with Gasteiger partial charge in [-0.2, -0.15) is 0 Å². The van der Waals surface area contributed by atoms with Crippen LogP contribution in [0.1, 0.15) is 40.7 Å². The molecule has 1 fully saturated rings. The average Bonchev–Trinajstić information content (AvgIpc) is 2.97. The van der Waals surface area contributed by atoms with E-state index in [0.29, 0.717) is 38.1 Å². The van der Waals surface area contributed by atoms with Gasteiger partial charge in [-0.05, 0) is 54.2 Å². The fourth-order valence-electron chi connectivity index (χ4n) is 4.65. The summed E-state index contributed by atoms with van der Waals surface area (Å²) in [6.45, 7) is 1.70. The molecule has 1 aliphatic rings. The van der Waals surface area contributed by atoms with Gasteiger partial charge in [-0.1, -0.05) is 60.7 Å². The molecule has 1 atom stereocenters. The molecular formula is C31H34N2O5. The maximum atomic E-state index is 12.8. The van der Waals surface area contributed by atoms with E-state index in [1.54, 1.807) is 0 Å². The summed E-state index contributed by atoms with van der Waals surface area (Å²) in [5, 5.41) is 2.86. The van der Waals surface area contributed by atoms with Crippen LogP contribution in [0.15, 0.2) is 84.9 Å². The summed E-state index contributed by atoms with van der Waals surface area (Å²) < 4.78 is 10.8. The molecule has 4 rings (SSSR count). The minimum atomic E-state index is -0.775. The van der Waals surface area contributed by atoms with Gasteiger partial charge < -0.3 is 19.7 Å². The van der Waals surface area contributed by atoms with Crippen LogP contribution in [0.25, 0.3) is 0 Å². The Morgan fingerprint density at radius 2 is 1.50 bits per heavy atom. The van der Waals surface area contributed by atoms with Crippen LogP contribution in [0.2, 0.25) is 0 Å². The second-order valence-corrected chi connectivity index (χ2v) is 9.57. The van der Waals surface area contributed by atoms with Crippen LogP contribution in [0.3, 0.4) is 0 Å². The average molecular weight is 515 g/mol. The van der Waals surface area contributed by atoms with Crippen LogP contribution in [-0.2, 0) is 27.4 Å². The van der Waals surface area contributed by atoms with Crippen LogP contribution in [0.4, 0.5) is 0 Å². The zero-order chi connectivity index (χ0) is 26.7. The molecular weight excluding hydrogens is 480 g/mol. The molecule has 1 saturated heterocycles. The molecule has 3 aromatic carbocycles. The van der Waals surface area contributed by atoms with Crippen molar-refractivity contribution in [2.45, 2.75) is 38.3 Å². The first-order valence-electron chi connectivity index (χ1n) is 13.0. The number of hydrogen-bond donors (Lipinski definition) is 1. The van der Waals surface area contributed by atoms with Crippen molar-refractivity contribution >= 4 is 17.8 Å². The van der Waals surface area contributed by atoms with Crippen molar-refractivity contribution < 1.29 is 23.9 Å². The van der Waals surface area contributed by atoms with E-state index in [1.807, 2.05) is 89.8 Å². The lowest BCUT2D eigenvalue weighted by atomic mass is 9.92. The number of rotatable bonds is 10. The highest BCUT2D eigenvalue weighted by atomic mass is 16.5. The predicted molar refractivity (Wildman–Crippen MR) is 145 cm³/mol. The van der Waals surface area contributed by atoms with Gasteiger partial charge in [-0.25, -0.2) is 4.79 Å². The molecule has 0 saturated carbocycles. The number of carbonyl (C=O) groups excluding carboxylic acids is 3. The summed E-state index contributed by atoms with van der Waals surface area (Å²) in [4.78, 5) is 39.7. The molecule has 0 unspecified atom stereocenters. The molecule has 1 heterocycles. The number of nitrogens with zero attached hydrogens (tertiary/aromatic N) is 1. The van der Waals surface area contributed by atoms with Crippen molar-refractivity contribution in [3.8, 4) is 5.75 Å². The van der Waals surface area contributed by atoms with Crippen LogP contribution in [-0.4, -0.2) is 48.9 Å². The van der Waals surface area contributed by atoms with Crippen molar-refractivity contribution in [1.82, 2.24) is 10.2 Å². The number of hydrogen-bond acceptors (Lipinski definition) is 5. The van der Waals surface area contributed by atoms with Gasteiger partial charge in [0.15, 0.2) is 0 Å². The van der Waals surface area contributed by atoms with E-state index in [4.69, 9.17) is 9.47 Å². The Morgan fingerprint density at radius 3 is 2.13 bits per heavy atom. The third-order valence-electron chi connectivity index (χ3n) is 6.83. The Labute approximate surface area is 223 Å². The summed E-state index contributed by atoms with van der Waals surface area (Å²) in [7, 11) is 1.32. The summed E-state index contributed by atoms with van der Waals surface area (Å²) in [5.41, 5.74) is 2.65. The van der Waals surface area contributed by atoms with E-state index >= 15 is 0 Å². The highest BCUT2D eigenvalue weighted by Gasteiger charge is 2.27. The first-order chi connectivity index (χ1) is 18.5. The Kier molecular flexibility index (Phi) is 9.51. The molecule has 7 heteroatoms. The lowest BCUT2D eigenvalue weighted by Crippen LogP contribution is -2.44. The predicted octanol–water partition coefficient (Wildman–Crippen LogP) is 4.41. The number of piperidine rings is 1. The van der Waals surface area contributed by atoms with Crippen LogP contribution in [0.5, 0.6) is 5.75 Å². The fourth-order valence-corrected chi connectivity index (χ4v) is 4.65. The molecule has 1 aliphatic heterocycles. The molecule has 7 nitrogen and oxygen atoms in total. The molecule has 2 amide bonds. The quantitative estimate of drug-likeness (QED) is 0.405. The number of carbonyl (C=O) groups is 3. The maximum Gasteiger partial charge on any atom is 0.328 e. The van der Waals surface area contributed by atoms with Crippen molar-refractivity contribution in [2.75, 3.05) is 20.2 Å². The normalized spacial score (nSPS) is 14.4. The number of benzene rings is 3. The van der Waals surface area contributed by atoms with Gasteiger partial charge in [0.05, 0.1) is 7.11 Å². The monoisotopic (exact) mass is 514 g/mol. The van der Waals surface area contributed by atoms with E-state index in [9.17, 15) is 14.4 Å². The van der Waals surface area contributed by atoms with Crippen LogP contribution >= 0.6 is 0 Å². The van der Waals surface area contributed by atoms with Crippen molar-refractivity contribution in [3.63, 3.8) is 0 Å². The molecule has 0 bridgehead atoms.